The zero-order valence-electron chi connectivity index (χ0n) is 12.8. The molecule has 0 saturated heterocycles. The van der Waals surface area contributed by atoms with Crippen molar-refractivity contribution in [2.45, 2.75) is 26.3 Å². The number of aromatic nitrogens is 3. The lowest BCUT2D eigenvalue weighted by molar-refractivity contribution is -0.383. The third-order valence-corrected chi connectivity index (χ3v) is 3.00. The van der Waals surface area contributed by atoms with Crippen LogP contribution >= 0.6 is 15.9 Å². The second-order valence-electron chi connectivity index (χ2n) is 5.66. The van der Waals surface area contributed by atoms with Crippen LogP contribution in [0, 0.1) is 10.1 Å². The first-order valence-corrected chi connectivity index (χ1v) is 7.47. The lowest BCUT2D eigenvalue weighted by Crippen LogP contribution is -2.40. The molecule has 2 aromatic heterocycles. The van der Waals surface area contributed by atoms with Crippen molar-refractivity contribution in [3.05, 3.63) is 39.2 Å². The van der Waals surface area contributed by atoms with Gasteiger partial charge < -0.3 is 5.32 Å². The van der Waals surface area contributed by atoms with E-state index in [0.717, 1.165) is 4.47 Å². The Morgan fingerprint density at radius 2 is 1.87 bits per heavy atom. The van der Waals surface area contributed by atoms with Gasteiger partial charge in [-0.3, -0.25) is 15.5 Å². The summed E-state index contributed by atoms with van der Waals surface area (Å²) in [6.07, 6.45) is 2.82. The van der Waals surface area contributed by atoms with Crippen molar-refractivity contribution in [2.75, 3.05) is 10.7 Å². The zero-order chi connectivity index (χ0) is 17.0. The van der Waals surface area contributed by atoms with Crippen LogP contribution in [0.2, 0.25) is 0 Å². The summed E-state index contributed by atoms with van der Waals surface area (Å²) in [5, 5.41) is 14.2. The molecule has 0 radical (unpaired) electrons. The number of nitro groups is 1. The third-order valence-electron chi connectivity index (χ3n) is 2.53. The van der Waals surface area contributed by atoms with E-state index in [1.54, 1.807) is 18.3 Å². The van der Waals surface area contributed by atoms with E-state index in [1.807, 2.05) is 20.8 Å². The number of hydrogen-bond acceptors (Lipinski definition) is 8. The maximum atomic E-state index is 11.4. The van der Waals surface area contributed by atoms with Crippen molar-refractivity contribution in [3.8, 4) is 0 Å². The van der Waals surface area contributed by atoms with Gasteiger partial charge in [-0.2, -0.15) is 0 Å². The van der Waals surface area contributed by atoms with Gasteiger partial charge in [0.2, 0.25) is 11.6 Å². The van der Waals surface area contributed by atoms with E-state index in [0.29, 0.717) is 5.82 Å². The summed E-state index contributed by atoms with van der Waals surface area (Å²) >= 11 is 3.28. The second-order valence-corrected chi connectivity index (χ2v) is 6.58. The maximum Gasteiger partial charge on any atom is 0.354 e. The van der Waals surface area contributed by atoms with Crippen LogP contribution in [-0.2, 0) is 0 Å². The van der Waals surface area contributed by atoms with Gasteiger partial charge in [0.05, 0.1) is 4.92 Å². The molecule has 0 amide bonds. The summed E-state index contributed by atoms with van der Waals surface area (Å²) in [7, 11) is 0. The minimum atomic E-state index is -0.548. The first-order chi connectivity index (χ1) is 10.8. The van der Waals surface area contributed by atoms with Crippen LogP contribution in [0.5, 0.6) is 0 Å². The minimum Gasteiger partial charge on any atom is -0.319 e. The largest absolute Gasteiger partial charge is 0.354 e. The van der Waals surface area contributed by atoms with Gasteiger partial charge >= 0.3 is 5.69 Å². The number of nitrogens with one attached hydrogen (secondary N) is 3. The molecule has 0 saturated carbocycles. The van der Waals surface area contributed by atoms with Crippen LogP contribution < -0.4 is 16.2 Å². The molecule has 0 aromatic carbocycles. The maximum absolute atomic E-state index is 11.4. The van der Waals surface area contributed by atoms with Crippen LogP contribution in [0.15, 0.2) is 29.1 Å². The molecule has 0 aliphatic carbocycles. The van der Waals surface area contributed by atoms with E-state index in [-0.39, 0.29) is 22.9 Å². The van der Waals surface area contributed by atoms with Gasteiger partial charge in [-0.15, -0.1) is 0 Å². The number of anilines is 3. The molecule has 0 spiro atoms. The topological polar surface area (TPSA) is 118 Å². The molecular formula is C13H16BrN7O2. The molecule has 0 aliphatic heterocycles. The SMILES string of the molecule is CC(C)(C)NNc1ncnc(Nc2ccc(Br)cn2)c1[N+](=O)[O-]. The lowest BCUT2D eigenvalue weighted by Gasteiger charge is -2.21. The molecule has 2 rings (SSSR count). The molecule has 122 valence electrons. The highest BCUT2D eigenvalue weighted by atomic mass is 79.9. The lowest BCUT2D eigenvalue weighted by atomic mass is 10.1. The highest BCUT2D eigenvalue weighted by Crippen LogP contribution is 2.30. The second kappa shape index (κ2) is 6.84. The third kappa shape index (κ3) is 4.83. The molecule has 2 aromatic rings. The number of pyridine rings is 1. The van der Waals surface area contributed by atoms with E-state index in [4.69, 9.17) is 0 Å². The van der Waals surface area contributed by atoms with E-state index < -0.39 is 4.92 Å². The van der Waals surface area contributed by atoms with Gasteiger partial charge in [0.15, 0.2) is 0 Å². The smallest absolute Gasteiger partial charge is 0.319 e. The van der Waals surface area contributed by atoms with Crippen LogP contribution in [0.3, 0.4) is 0 Å². The Morgan fingerprint density at radius 1 is 1.17 bits per heavy atom. The highest BCUT2D eigenvalue weighted by Gasteiger charge is 2.24. The average molecular weight is 382 g/mol. The first kappa shape index (κ1) is 17.0. The van der Waals surface area contributed by atoms with Gasteiger partial charge in [0.1, 0.15) is 12.1 Å². The monoisotopic (exact) mass is 381 g/mol. The van der Waals surface area contributed by atoms with Gasteiger partial charge in [-0.25, -0.2) is 20.4 Å². The minimum absolute atomic E-state index is 0.0537. The molecule has 0 atom stereocenters. The predicted octanol–water partition coefficient (Wildman–Crippen LogP) is 3.00. The van der Waals surface area contributed by atoms with Crippen molar-refractivity contribution in [3.63, 3.8) is 0 Å². The Balaban J connectivity index is 2.32. The number of hydrazine groups is 1. The molecule has 10 heteroatoms. The number of nitrogens with zero attached hydrogens (tertiary/aromatic N) is 4. The summed E-state index contributed by atoms with van der Waals surface area (Å²) in [4.78, 5) is 22.8. The normalized spacial score (nSPS) is 11.1. The van der Waals surface area contributed by atoms with E-state index in [1.165, 1.54) is 6.33 Å². The Bertz CT molecular complexity index is 700. The quantitative estimate of drug-likeness (QED) is 0.534. The molecule has 0 aliphatic rings. The summed E-state index contributed by atoms with van der Waals surface area (Å²) in [6, 6.07) is 3.44. The molecule has 9 nitrogen and oxygen atoms in total. The first-order valence-electron chi connectivity index (χ1n) is 6.67. The van der Waals surface area contributed by atoms with Gasteiger partial charge in [0.25, 0.3) is 0 Å². The van der Waals surface area contributed by atoms with Gasteiger partial charge in [-0.1, -0.05) is 0 Å². The van der Waals surface area contributed by atoms with E-state index >= 15 is 0 Å². The summed E-state index contributed by atoms with van der Waals surface area (Å²) < 4.78 is 0.803. The Labute approximate surface area is 141 Å². The van der Waals surface area contributed by atoms with E-state index in [2.05, 4.69) is 47.1 Å². The molecule has 3 N–H and O–H groups in total. The van der Waals surface area contributed by atoms with Crippen molar-refractivity contribution < 1.29 is 4.92 Å². The molecule has 0 bridgehead atoms. The molecule has 2 heterocycles. The fourth-order valence-electron chi connectivity index (χ4n) is 1.55. The number of rotatable bonds is 5. The van der Waals surface area contributed by atoms with Crippen molar-refractivity contribution in [2.24, 2.45) is 0 Å². The standard InChI is InChI=1S/C13H16BrN7O2/c1-13(2,3)20-19-12-10(21(22)23)11(16-7-17-12)18-9-5-4-8(14)6-15-9/h4-7,20H,1-3H3,(H2,15,16,17,18,19). The Hall–Kier alpha value is -2.33. The van der Waals surface area contributed by atoms with Gasteiger partial charge in [0, 0.05) is 16.2 Å². The molecule has 23 heavy (non-hydrogen) atoms. The Morgan fingerprint density at radius 3 is 2.43 bits per heavy atom. The number of hydrogen-bond donors (Lipinski definition) is 3. The van der Waals surface area contributed by atoms with Crippen LogP contribution in [0.1, 0.15) is 20.8 Å². The zero-order valence-corrected chi connectivity index (χ0v) is 14.4. The summed E-state index contributed by atoms with van der Waals surface area (Å²) in [5.41, 5.74) is 5.14. The van der Waals surface area contributed by atoms with Crippen molar-refractivity contribution >= 4 is 39.1 Å². The molecule has 0 unspecified atom stereocenters. The predicted molar refractivity (Wildman–Crippen MR) is 90.4 cm³/mol. The molecule has 0 fully saturated rings. The van der Waals surface area contributed by atoms with Crippen LogP contribution in [0.25, 0.3) is 0 Å². The summed E-state index contributed by atoms with van der Waals surface area (Å²) in [6.45, 7) is 5.74. The fraction of sp³-hybridized carbons (Fsp3) is 0.308. The average Bonchev–Trinajstić information content (AvgIpc) is 2.46. The fourth-order valence-corrected chi connectivity index (χ4v) is 1.79. The van der Waals surface area contributed by atoms with E-state index in [9.17, 15) is 10.1 Å². The van der Waals surface area contributed by atoms with Gasteiger partial charge in [-0.05, 0) is 48.8 Å². The summed E-state index contributed by atoms with van der Waals surface area (Å²) in [5.74, 6) is 0.558. The highest BCUT2D eigenvalue weighted by molar-refractivity contribution is 9.10. The van der Waals surface area contributed by atoms with Crippen molar-refractivity contribution in [1.29, 1.82) is 0 Å². The van der Waals surface area contributed by atoms with Crippen LogP contribution in [0.4, 0.5) is 23.1 Å². The van der Waals surface area contributed by atoms with Crippen LogP contribution in [-0.4, -0.2) is 25.4 Å². The molecular weight excluding hydrogens is 366 g/mol. The number of halogens is 1. The Kier molecular flexibility index (Phi) is 5.06. The van der Waals surface area contributed by atoms with Crippen molar-refractivity contribution in [1.82, 2.24) is 20.4 Å².